The topological polar surface area (TPSA) is 0 Å². The summed E-state index contributed by atoms with van der Waals surface area (Å²) in [4.78, 5) is 0. The van der Waals surface area contributed by atoms with Gasteiger partial charge in [0.05, 0.1) is 5.56 Å². The van der Waals surface area contributed by atoms with E-state index < -0.39 is 11.6 Å². The first kappa shape index (κ1) is 24.8. The highest BCUT2D eigenvalue weighted by Gasteiger charge is 2.19. The number of hydrogen-bond donors (Lipinski definition) is 0. The van der Waals surface area contributed by atoms with Crippen molar-refractivity contribution in [2.24, 2.45) is 11.8 Å². The first-order valence-corrected chi connectivity index (χ1v) is 12.5. The van der Waals surface area contributed by atoms with Gasteiger partial charge in [-0.1, -0.05) is 55.6 Å². The Hall–Kier alpha value is -3.36. The zero-order valence-corrected chi connectivity index (χ0v) is 21.1. The van der Waals surface area contributed by atoms with Crippen LogP contribution in [0.4, 0.5) is 8.78 Å². The summed E-state index contributed by atoms with van der Waals surface area (Å²) in [6, 6.07) is 14.6. The van der Waals surface area contributed by atoms with Gasteiger partial charge >= 0.3 is 0 Å². The van der Waals surface area contributed by atoms with E-state index in [2.05, 4.69) is 56.6 Å². The minimum absolute atomic E-state index is 0.202. The third kappa shape index (κ3) is 6.41. The van der Waals surface area contributed by atoms with Gasteiger partial charge in [-0.2, -0.15) is 0 Å². The molecular weight excluding hydrogens is 434 g/mol. The lowest BCUT2D eigenvalue weighted by atomic mass is 9.79. The third-order valence-electron chi connectivity index (χ3n) is 6.99. The molecule has 3 aromatic rings. The molecule has 178 valence electrons. The van der Waals surface area contributed by atoms with Crippen LogP contribution in [0.25, 0.3) is 0 Å². The summed E-state index contributed by atoms with van der Waals surface area (Å²) in [7, 11) is 0. The van der Waals surface area contributed by atoms with Crippen molar-refractivity contribution in [3.05, 3.63) is 105 Å². The van der Waals surface area contributed by atoms with Gasteiger partial charge in [0, 0.05) is 16.7 Å². The molecule has 0 amide bonds. The summed E-state index contributed by atoms with van der Waals surface area (Å²) in [6.07, 6.45) is 6.57. The van der Waals surface area contributed by atoms with Gasteiger partial charge in [0.15, 0.2) is 0 Å². The lowest BCUT2D eigenvalue weighted by Crippen LogP contribution is -2.14. The molecule has 0 atom stereocenters. The first-order valence-electron chi connectivity index (χ1n) is 12.5. The van der Waals surface area contributed by atoms with Gasteiger partial charge in [-0.05, 0) is 111 Å². The Morgan fingerprint density at radius 2 is 1.17 bits per heavy atom. The second kappa shape index (κ2) is 10.9. The molecule has 0 aliphatic heterocycles. The molecule has 1 saturated carbocycles. The number of benzene rings is 3. The van der Waals surface area contributed by atoms with Gasteiger partial charge in [0.1, 0.15) is 11.6 Å². The number of hydrogen-bond acceptors (Lipinski definition) is 0. The molecule has 0 saturated heterocycles. The lowest BCUT2D eigenvalue weighted by Gasteiger charge is -2.26. The van der Waals surface area contributed by atoms with Crippen molar-refractivity contribution in [1.82, 2.24) is 0 Å². The molecule has 0 N–H and O–H groups in total. The molecule has 0 spiro atoms. The molecule has 1 aliphatic carbocycles. The van der Waals surface area contributed by atoms with E-state index >= 15 is 0 Å². The average Bonchev–Trinajstić information content (AvgIpc) is 2.80. The maximum absolute atomic E-state index is 14.0. The smallest absolute Gasteiger partial charge is 0.142 e. The van der Waals surface area contributed by atoms with Crippen LogP contribution < -0.4 is 0 Å². The molecule has 0 bridgehead atoms. The van der Waals surface area contributed by atoms with E-state index in [0.29, 0.717) is 11.1 Å². The Morgan fingerprint density at radius 3 is 1.69 bits per heavy atom. The molecule has 0 radical (unpaired) electrons. The summed E-state index contributed by atoms with van der Waals surface area (Å²) < 4.78 is 28.0. The number of halogens is 2. The monoisotopic (exact) mass is 466 g/mol. The molecule has 1 aliphatic rings. The van der Waals surface area contributed by atoms with Crippen LogP contribution in [0, 0.1) is 67.9 Å². The van der Waals surface area contributed by atoms with Crippen molar-refractivity contribution in [2.75, 3.05) is 0 Å². The van der Waals surface area contributed by atoms with Crippen LogP contribution in [0.15, 0.2) is 48.5 Å². The fourth-order valence-corrected chi connectivity index (χ4v) is 4.96. The fraction of sp³-hybridized carbons (Fsp3) is 0.333. The maximum Gasteiger partial charge on any atom is 0.142 e. The predicted octanol–water partition coefficient (Wildman–Crippen LogP) is 8.06. The minimum Gasteiger partial charge on any atom is -0.206 e. The van der Waals surface area contributed by atoms with Crippen LogP contribution in [-0.4, -0.2) is 0 Å². The molecule has 2 heteroatoms. The highest BCUT2D eigenvalue weighted by atomic mass is 19.1. The van der Waals surface area contributed by atoms with E-state index in [1.54, 1.807) is 6.92 Å². The van der Waals surface area contributed by atoms with Crippen molar-refractivity contribution in [3.63, 3.8) is 0 Å². The standard InChI is InChI=1S/C33H32F2/c1-22-5-7-28(8-6-22)21-29-19-24(3)30(25(4)20-29)15-13-26-9-11-27(12-10-26)14-16-31-32(34)17-23(2)18-33(31)35/h9-12,17-20,22,28H,5-8,21H2,1-4H3. The van der Waals surface area contributed by atoms with Gasteiger partial charge in [0.2, 0.25) is 0 Å². The van der Waals surface area contributed by atoms with Crippen molar-refractivity contribution < 1.29 is 8.78 Å². The van der Waals surface area contributed by atoms with Gasteiger partial charge in [0.25, 0.3) is 0 Å². The molecule has 0 unspecified atom stereocenters. The van der Waals surface area contributed by atoms with Gasteiger partial charge < -0.3 is 0 Å². The summed E-state index contributed by atoms with van der Waals surface area (Å²) in [5.74, 6) is 12.5. The zero-order valence-electron chi connectivity index (χ0n) is 21.1. The normalized spacial score (nSPS) is 17.2. The van der Waals surface area contributed by atoms with Crippen molar-refractivity contribution in [3.8, 4) is 23.7 Å². The predicted molar refractivity (Wildman–Crippen MR) is 140 cm³/mol. The van der Waals surface area contributed by atoms with Gasteiger partial charge in [-0.15, -0.1) is 0 Å². The van der Waals surface area contributed by atoms with Crippen LogP contribution in [0.2, 0.25) is 0 Å². The van der Waals surface area contributed by atoms with E-state index in [4.69, 9.17) is 0 Å². The molecular formula is C33H32F2. The van der Waals surface area contributed by atoms with Crippen LogP contribution >= 0.6 is 0 Å². The second-order valence-corrected chi connectivity index (χ2v) is 10.1. The Morgan fingerprint density at radius 1 is 0.686 bits per heavy atom. The average molecular weight is 467 g/mol. The van der Waals surface area contributed by atoms with Crippen LogP contribution in [0.1, 0.15) is 77.1 Å². The van der Waals surface area contributed by atoms with Crippen LogP contribution in [0.5, 0.6) is 0 Å². The zero-order chi connectivity index (χ0) is 24.9. The minimum atomic E-state index is -0.636. The van der Waals surface area contributed by atoms with Crippen LogP contribution in [0.3, 0.4) is 0 Å². The molecule has 0 nitrogen and oxygen atoms in total. The highest BCUT2D eigenvalue weighted by molar-refractivity contribution is 5.53. The summed E-state index contributed by atoms with van der Waals surface area (Å²) in [5, 5.41) is 0. The van der Waals surface area contributed by atoms with E-state index in [-0.39, 0.29) is 5.56 Å². The molecule has 0 aromatic heterocycles. The van der Waals surface area contributed by atoms with Gasteiger partial charge in [-0.25, -0.2) is 8.78 Å². The first-order chi connectivity index (χ1) is 16.8. The number of aryl methyl sites for hydroxylation is 3. The van der Waals surface area contributed by atoms with Crippen LogP contribution in [-0.2, 0) is 6.42 Å². The van der Waals surface area contributed by atoms with E-state index in [0.717, 1.165) is 23.0 Å². The third-order valence-corrected chi connectivity index (χ3v) is 6.99. The van der Waals surface area contributed by atoms with Crippen molar-refractivity contribution in [2.45, 2.75) is 59.8 Å². The SMILES string of the molecule is Cc1cc(F)c(C#Cc2ccc(C#Cc3c(C)cc(CC4CCC(C)CC4)cc3C)cc2)c(F)c1. The van der Waals surface area contributed by atoms with E-state index in [1.165, 1.54) is 60.9 Å². The molecule has 0 heterocycles. The Labute approximate surface area is 208 Å². The maximum atomic E-state index is 14.0. The lowest BCUT2D eigenvalue weighted by molar-refractivity contribution is 0.289. The molecule has 3 aromatic carbocycles. The Bertz CT molecular complexity index is 1290. The molecule has 4 rings (SSSR count). The summed E-state index contributed by atoms with van der Waals surface area (Å²) >= 11 is 0. The molecule has 1 fully saturated rings. The Balaban J connectivity index is 1.46. The summed E-state index contributed by atoms with van der Waals surface area (Å²) in [6.45, 7) is 8.31. The van der Waals surface area contributed by atoms with E-state index in [1.807, 2.05) is 24.3 Å². The van der Waals surface area contributed by atoms with Crippen molar-refractivity contribution in [1.29, 1.82) is 0 Å². The molecule has 35 heavy (non-hydrogen) atoms. The highest BCUT2D eigenvalue weighted by Crippen LogP contribution is 2.31. The Kier molecular flexibility index (Phi) is 7.73. The van der Waals surface area contributed by atoms with E-state index in [9.17, 15) is 8.78 Å². The second-order valence-electron chi connectivity index (χ2n) is 10.1. The fourth-order valence-electron chi connectivity index (χ4n) is 4.96. The van der Waals surface area contributed by atoms with Gasteiger partial charge in [-0.3, -0.25) is 0 Å². The number of rotatable bonds is 2. The van der Waals surface area contributed by atoms with Crippen molar-refractivity contribution >= 4 is 0 Å². The largest absolute Gasteiger partial charge is 0.206 e. The quantitative estimate of drug-likeness (QED) is 0.335. The summed E-state index contributed by atoms with van der Waals surface area (Å²) in [5.41, 5.74) is 6.85.